The third-order valence-electron chi connectivity index (χ3n) is 3.16. The number of rotatable bonds is 9. The van der Waals surface area contributed by atoms with Crippen LogP contribution in [0.1, 0.15) is 5.56 Å². The third-order valence-corrected chi connectivity index (χ3v) is 3.16. The van der Waals surface area contributed by atoms with Gasteiger partial charge in [-0.1, -0.05) is 18.2 Å². The molecule has 24 heavy (non-hydrogen) atoms. The number of hydrogen-bond donors (Lipinski definition) is 3. The molecule has 0 unspecified atom stereocenters. The second-order valence-electron chi connectivity index (χ2n) is 4.86. The van der Waals surface area contributed by atoms with Gasteiger partial charge in [0.25, 0.3) is 0 Å². The van der Waals surface area contributed by atoms with Gasteiger partial charge >= 0.3 is 5.97 Å². The molecule has 0 saturated carbocycles. The molecule has 0 spiro atoms. The standard InChI is InChI=1S/C17H20N2O5/c1-22-14-8-12(10-18-19-13-6-4-3-5-7-13)9-15(23-2)17(14)24-11-16(20)21/h3-9,18-19H,10-11H2,1-2H3,(H,20,21). The Morgan fingerprint density at radius 1 is 1.08 bits per heavy atom. The van der Waals surface area contributed by atoms with Crippen LogP contribution in [0, 0.1) is 0 Å². The number of methoxy groups -OCH3 is 2. The fraction of sp³-hybridized carbons (Fsp3) is 0.235. The van der Waals surface area contributed by atoms with Gasteiger partial charge in [-0.2, -0.15) is 0 Å². The molecule has 3 N–H and O–H groups in total. The fourth-order valence-electron chi connectivity index (χ4n) is 2.08. The maximum atomic E-state index is 10.7. The van der Waals surface area contributed by atoms with E-state index in [1.54, 1.807) is 12.1 Å². The average molecular weight is 332 g/mol. The van der Waals surface area contributed by atoms with E-state index in [1.807, 2.05) is 30.3 Å². The van der Waals surface area contributed by atoms with Crippen LogP contribution >= 0.6 is 0 Å². The van der Waals surface area contributed by atoms with Crippen molar-refractivity contribution in [2.24, 2.45) is 0 Å². The molecule has 0 atom stereocenters. The molecule has 0 aliphatic rings. The lowest BCUT2D eigenvalue weighted by Gasteiger charge is -2.16. The smallest absolute Gasteiger partial charge is 0.341 e. The van der Waals surface area contributed by atoms with Gasteiger partial charge in [-0.05, 0) is 29.8 Å². The topological polar surface area (TPSA) is 89.0 Å². The molecular weight excluding hydrogens is 312 g/mol. The predicted octanol–water partition coefficient (Wildman–Crippen LogP) is 2.28. The van der Waals surface area contributed by atoms with Gasteiger partial charge < -0.3 is 24.7 Å². The zero-order valence-corrected chi connectivity index (χ0v) is 13.5. The van der Waals surface area contributed by atoms with Crippen molar-refractivity contribution in [1.82, 2.24) is 5.43 Å². The predicted molar refractivity (Wildman–Crippen MR) is 89.6 cm³/mol. The van der Waals surface area contributed by atoms with Gasteiger partial charge in [0, 0.05) is 12.2 Å². The largest absolute Gasteiger partial charge is 0.493 e. The fourth-order valence-corrected chi connectivity index (χ4v) is 2.08. The quantitative estimate of drug-likeness (QED) is 0.607. The zero-order chi connectivity index (χ0) is 17.4. The maximum absolute atomic E-state index is 10.7. The summed E-state index contributed by atoms with van der Waals surface area (Å²) in [7, 11) is 2.98. The molecule has 0 aliphatic carbocycles. The average Bonchev–Trinajstić information content (AvgIpc) is 2.60. The Bertz CT molecular complexity index is 651. The van der Waals surface area contributed by atoms with Crippen LogP contribution in [0.4, 0.5) is 5.69 Å². The van der Waals surface area contributed by atoms with E-state index < -0.39 is 12.6 Å². The van der Waals surface area contributed by atoms with Gasteiger partial charge in [-0.25, -0.2) is 10.2 Å². The first-order valence-electron chi connectivity index (χ1n) is 7.27. The van der Waals surface area contributed by atoms with Gasteiger partial charge in [0.1, 0.15) is 0 Å². The summed E-state index contributed by atoms with van der Waals surface area (Å²) in [6.45, 7) is 0.0285. The minimum absolute atomic E-state index is 0.266. The Balaban J connectivity index is 2.08. The van der Waals surface area contributed by atoms with Crippen molar-refractivity contribution in [2.45, 2.75) is 6.54 Å². The van der Waals surface area contributed by atoms with Crippen molar-refractivity contribution < 1.29 is 24.1 Å². The molecule has 2 aromatic rings. The molecule has 0 aromatic heterocycles. The Morgan fingerprint density at radius 3 is 2.25 bits per heavy atom. The van der Waals surface area contributed by atoms with Crippen LogP contribution in [0.25, 0.3) is 0 Å². The minimum Gasteiger partial charge on any atom is -0.493 e. The molecule has 2 aromatic carbocycles. The number of nitrogens with one attached hydrogen (secondary N) is 2. The normalized spacial score (nSPS) is 10.1. The molecule has 0 heterocycles. The molecule has 7 nitrogen and oxygen atoms in total. The zero-order valence-electron chi connectivity index (χ0n) is 13.5. The summed E-state index contributed by atoms with van der Waals surface area (Å²) in [5, 5.41) is 8.76. The molecule has 2 rings (SSSR count). The van der Waals surface area contributed by atoms with E-state index in [0.717, 1.165) is 11.3 Å². The molecule has 0 aliphatic heterocycles. The Kier molecular flexibility index (Phi) is 6.27. The van der Waals surface area contributed by atoms with E-state index in [9.17, 15) is 4.79 Å². The number of hydrazine groups is 1. The van der Waals surface area contributed by atoms with E-state index in [2.05, 4.69) is 10.9 Å². The van der Waals surface area contributed by atoms with Crippen LogP contribution in [0.3, 0.4) is 0 Å². The molecule has 0 fully saturated rings. The monoisotopic (exact) mass is 332 g/mol. The summed E-state index contributed by atoms with van der Waals surface area (Å²) in [6, 6.07) is 13.2. The molecular formula is C17H20N2O5. The second kappa shape index (κ2) is 8.64. The van der Waals surface area contributed by atoms with Gasteiger partial charge in [0.2, 0.25) is 5.75 Å². The summed E-state index contributed by atoms with van der Waals surface area (Å²) >= 11 is 0. The number of carbonyl (C=O) groups is 1. The van der Waals surface area contributed by atoms with E-state index in [1.165, 1.54) is 14.2 Å². The summed E-state index contributed by atoms with van der Waals surface area (Å²) in [5.74, 6) is 0.0123. The highest BCUT2D eigenvalue weighted by atomic mass is 16.5. The SMILES string of the molecule is COc1cc(CNNc2ccccc2)cc(OC)c1OCC(=O)O. The van der Waals surface area contributed by atoms with Crippen LogP contribution < -0.4 is 25.1 Å². The number of carboxylic acid groups (broad SMARTS) is 1. The van der Waals surface area contributed by atoms with Gasteiger partial charge in [0.15, 0.2) is 18.1 Å². The van der Waals surface area contributed by atoms with E-state index in [0.29, 0.717) is 18.0 Å². The first kappa shape index (κ1) is 17.4. The van der Waals surface area contributed by atoms with Gasteiger partial charge in [0.05, 0.1) is 14.2 Å². The number of anilines is 1. The van der Waals surface area contributed by atoms with Crippen molar-refractivity contribution >= 4 is 11.7 Å². The van der Waals surface area contributed by atoms with Gasteiger partial charge in [-0.3, -0.25) is 0 Å². The van der Waals surface area contributed by atoms with Crippen molar-refractivity contribution in [1.29, 1.82) is 0 Å². The van der Waals surface area contributed by atoms with Crippen molar-refractivity contribution in [3.63, 3.8) is 0 Å². The molecule has 128 valence electrons. The molecule has 0 saturated heterocycles. The Morgan fingerprint density at radius 2 is 1.71 bits per heavy atom. The summed E-state index contributed by atoms with van der Waals surface area (Å²) in [5.41, 5.74) is 8.00. The van der Waals surface area contributed by atoms with Gasteiger partial charge in [-0.15, -0.1) is 0 Å². The lowest BCUT2D eigenvalue weighted by Crippen LogP contribution is -2.21. The number of hydrogen-bond acceptors (Lipinski definition) is 6. The van der Waals surface area contributed by atoms with Crippen LogP contribution in [0.5, 0.6) is 17.2 Å². The maximum Gasteiger partial charge on any atom is 0.341 e. The number of benzene rings is 2. The van der Waals surface area contributed by atoms with Crippen LogP contribution in [0.2, 0.25) is 0 Å². The number of ether oxygens (including phenoxy) is 3. The summed E-state index contributed by atoms with van der Waals surface area (Å²) in [4.78, 5) is 10.7. The summed E-state index contributed by atoms with van der Waals surface area (Å²) < 4.78 is 15.8. The third kappa shape index (κ3) is 4.79. The molecule has 7 heteroatoms. The highest BCUT2D eigenvalue weighted by molar-refractivity contribution is 5.69. The number of carboxylic acids is 1. The highest BCUT2D eigenvalue weighted by Crippen LogP contribution is 2.38. The second-order valence-corrected chi connectivity index (χ2v) is 4.86. The van der Waals surface area contributed by atoms with Crippen LogP contribution in [0.15, 0.2) is 42.5 Å². The van der Waals surface area contributed by atoms with Crippen LogP contribution in [-0.4, -0.2) is 31.9 Å². The molecule has 0 amide bonds. The van der Waals surface area contributed by atoms with E-state index in [4.69, 9.17) is 19.3 Å². The number of aliphatic carboxylic acids is 1. The first-order chi connectivity index (χ1) is 11.6. The first-order valence-corrected chi connectivity index (χ1v) is 7.27. The van der Waals surface area contributed by atoms with Crippen molar-refractivity contribution in [2.75, 3.05) is 26.3 Å². The van der Waals surface area contributed by atoms with Crippen LogP contribution in [-0.2, 0) is 11.3 Å². The van der Waals surface area contributed by atoms with Crippen molar-refractivity contribution in [3.8, 4) is 17.2 Å². The Labute approximate surface area is 140 Å². The lowest BCUT2D eigenvalue weighted by molar-refractivity contribution is -0.139. The van der Waals surface area contributed by atoms with Crippen molar-refractivity contribution in [3.05, 3.63) is 48.0 Å². The highest BCUT2D eigenvalue weighted by Gasteiger charge is 2.15. The molecule has 0 radical (unpaired) electrons. The van der Waals surface area contributed by atoms with E-state index >= 15 is 0 Å². The Hall–Kier alpha value is -2.93. The lowest BCUT2D eigenvalue weighted by atomic mass is 10.2. The number of para-hydroxylation sites is 1. The van der Waals surface area contributed by atoms with E-state index in [-0.39, 0.29) is 5.75 Å². The minimum atomic E-state index is -1.07. The summed E-state index contributed by atoms with van der Waals surface area (Å²) in [6.07, 6.45) is 0. The molecule has 0 bridgehead atoms.